The van der Waals surface area contributed by atoms with Crippen molar-refractivity contribution in [3.8, 4) is 6.07 Å². The van der Waals surface area contributed by atoms with E-state index in [9.17, 15) is 14.9 Å². The van der Waals surface area contributed by atoms with Gasteiger partial charge in [-0.05, 0) is 48.4 Å². The molecule has 1 heterocycles. The second-order valence-corrected chi connectivity index (χ2v) is 8.31. The first-order chi connectivity index (χ1) is 13.3. The van der Waals surface area contributed by atoms with E-state index in [4.69, 9.17) is 40.5 Å². The quantitative estimate of drug-likeness (QED) is 0.544. The van der Waals surface area contributed by atoms with E-state index >= 15 is 0 Å². The molecule has 1 atom stereocenters. The van der Waals surface area contributed by atoms with Crippen LogP contribution in [-0.2, 0) is 16.0 Å². The van der Waals surface area contributed by atoms with Crippen LogP contribution in [0, 0.1) is 11.3 Å². The lowest BCUT2D eigenvalue weighted by molar-refractivity contribution is -0.117. The lowest BCUT2D eigenvalue weighted by atomic mass is 10.1. The highest BCUT2D eigenvalue weighted by molar-refractivity contribution is 8.05. The molecule has 1 saturated heterocycles. The number of nitriles is 1. The van der Waals surface area contributed by atoms with Crippen molar-refractivity contribution in [1.29, 1.82) is 5.26 Å². The molecule has 142 valence electrons. The number of benzene rings is 2. The van der Waals surface area contributed by atoms with Gasteiger partial charge in [0.1, 0.15) is 16.7 Å². The Kier molecular flexibility index (Phi) is 6.21. The normalized spacial score (nSPS) is 18.1. The third-order valence-corrected chi connectivity index (χ3v) is 6.27. The maximum absolute atomic E-state index is 13.1. The van der Waals surface area contributed by atoms with Crippen LogP contribution < -0.4 is 10.6 Å². The molecule has 2 aromatic rings. The maximum Gasteiger partial charge on any atom is 0.262 e. The molecule has 3 rings (SSSR count). The molecule has 0 aliphatic carbocycles. The first-order valence-corrected chi connectivity index (χ1v) is 9.97. The third-order valence-electron chi connectivity index (χ3n) is 4.01. The van der Waals surface area contributed by atoms with Gasteiger partial charge in [-0.25, -0.2) is 0 Å². The van der Waals surface area contributed by atoms with Crippen molar-refractivity contribution in [2.24, 2.45) is 5.73 Å². The number of amides is 2. The van der Waals surface area contributed by atoms with Gasteiger partial charge < -0.3 is 5.73 Å². The molecule has 0 bridgehead atoms. The Morgan fingerprint density at radius 2 is 1.82 bits per heavy atom. The van der Waals surface area contributed by atoms with Crippen molar-refractivity contribution in [3.05, 3.63) is 73.7 Å². The van der Waals surface area contributed by atoms with Crippen LogP contribution in [-0.4, -0.2) is 17.1 Å². The number of halogens is 3. The minimum atomic E-state index is -0.896. The summed E-state index contributed by atoms with van der Waals surface area (Å²) in [6.07, 6.45) is 0.339. The fourth-order valence-corrected chi connectivity index (χ4v) is 4.47. The first-order valence-electron chi connectivity index (χ1n) is 7.96. The van der Waals surface area contributed by atoms with Gasteiger partial charge in [0.2, 0.25) is 5.91 Å². The topological polar surface area (TPSA) is 87.2 Å². The maximum atomic E-state index is 13.1. The van der Waals surface area contributed by atoms with Crippen LogP contribution >= 0.6 is 46.6 Å². The number of hydrogen-bond donors (Lipinski definition) is 1. The van der Waals surface area contributed by atoms with Gasteiger partial charge in [-0.3, -0.25) is 14.5 Å². The van der Waals surface area contributed by atoms with Crippen LogP contribution in [0.3, 0.4) is 0 Å². The number of carbonyl (C=O) groups excluding carboxylic acids is 2. The first kappa shape index (κ1) is 20.6. The zero-order valence-corrected chi connectivity index (χ0v) is 17.2. The molecule has 28 heavy (non-hydrogen) atoms. The number of thioether (sulfide) groups is 1. The predicted molar refractivity (Wildman–Crippen MR) is 112 cm³/mol. The van der Waals surface area contributed by atoms with Gasteiger partial charge in [0, 0.05) is 10.7 Å². The molecule has 1 aliphatic rings. The van der Waals surface area contributed by atoms with Gasteiger partial charge in [-0.15, -0.1) is 0 Å². The van der Waals surface area contributed by atoms with Crippen LogP contribution in [0.15, 0.2) is 53.1 Å². The summed E-state index contributed by atoms with van der Waals surface area (Å²) < 4.78 is 0. The average molecular weight is 453 g/mol. The number of nitrogens with zero attached hydrogens (tertiary/aromatic N) is 2. The Labute approximate surface area is 180 Å². The molecular weight excluding hydrogens is 441 g/mol. The van der Waals surface area contributed by atoms with Crippen molar-refractivity contribution in [1.82, 2.24) is 0 Å². The van der Waals surface area contributed by atoms with E-state index in [1.807, 2.05) is 0 Å². The molecule has 2 amide bonds. The van der Waals surface area contributed by atoms with Crippen molar-refractivity contribution < 1.29 is 9.59 Å². The van der Waals surface area contributed by atoms with Gasteiger partial charge in [0.15, 0.2) is 0 Å². The molecule has 0 unspecified atom stereocenters. The smallest absolute Gasteiger partial charge is 0.262 e. The summed E-state index contributed by atoms with van der Waals surface area (Å²) in [5.74, 6) is -1.17. The molecular formula is C19H12Cl3N3O2S. The van der Waals surface area contributed by atoms with Gasteiger partial charge in [0.25, 0.3) is 5.91 Å². The Balaban J connectivity index is 2.02. The summed E-state index contributed by atoms with van der Waals surface area (Å²) in [4.78, 5) is 26.2. The minimum Gasteiger partial charge on any atom is -0.365 e. The lowest BCUT2D eigenvalue weighted by Gasteiger charge is -2.18. The number of anilines is 1. The number of primary amides is 1. The molecule has 1 fully saturated rings. The zero-order chi connectivity index (χ0) is 20.4. The van der Waals surface area contributed by atoms with Crippen LogP contribution in [0.2, 0.25) is 15.1 Å². The fraction of sp³-hybridized carbons (Fsp3) is 0.105. The molecule has 0 aromatic heterocycles. The second kappa shape index (κ2) is 8.46. The molecule has 1 aliphatic heterocycles. The van der Waals surface area contributed by atoms with Crippen LogP contribution in [0.25, 0.3) is 0 Å². The Morgan fingerprint density at radius 3 is 2.39 bits per heavy atom. The SMILES string of the molecule is N#C/C(C(N)=O)=C1\S[C@H](Cc2ccc(Cl)c(Cl)c2)C(=O)N1c1ccc(Cl)cc1. The van der Waals surface area contributed by atoms with Crippen molar-refractivity contribution in [3.63, 3.8) is 0 Å². The Hall–Kier alpha value is -2.17. The van der Waals surface area contributed by atoms with E-state index in [1.165, 1.54) is 4.90 Å². The summed E-state index contributed by atoms with van der Waals surface area (Å²) in [5.41, 5.74) is 6.36. The van der Waals surface area contributed by atoms with Crippen molar-refractivity contribution >= 4 is 64.1 Å². The molecule has 9 heteroatoms. The van der Waals surface area contributed by atoms with E-state index in [0.717, 1.165) is 17.3 Å². The largest absolute Gasteiger partial charge is 0.365 e. The average Bonchev–Trinajstić information content (AvgIpc) is 2.95. The van der Waals surface area contributed by atoms with E-state index < -0.39 is 11.2 Å². The monoisotopic (exact) mass is 451 g/mol. The number of rotatable bonds is 4. The predicted octanol–water partition coefficient (Wildman–Crippen LogP) is 4.56. The molecule has 0 spiro atoms. The van der Waals surface area contributed by atoms with Crippen LogP contribution in [0.5, 0.6) is 0 Å². The lowest BCUT2D eigenvalue weighted by Crippen LogP contribution is -2.31. The van der Waals surface area contributed by atoms with E-state index in [0.29, 0.717) is 27.2 Å². The summed E-state index contributed by atoms with van der Waals surface area (Å²) in [5, 5.41) is 10.3. The molecule has 2 aromatic carbocycles. The van der Waals surface area contributed by atoms with Crippen molar-refractivity contribution in [2.75, 3.05) is 4.90 Å². The highest BCUT2D eigenvalue weighted by Crippen LogP contribution is 2.42. The van der Waals surface area contributed by atoms with Crippen molar-refractivity contribution in [2.45, 2.75) is 11.7 Å². The van der Waals surface area contributed by atoms with E-state index in [1.54, 1.807) is 48.5 Å². The van der Waals surface area contributed by atoms with Crippen LogP contribution in [0.4, 0.5) is 5.69 Å². The highest BCUT2D eigenvalue weighted by Gasteiger charge is 2.40. The van der Waals surface area contributed by atoms with Gasteiger partial charge in [0.05, 0.1) is 15.3 Å². The van der Waals surface area contributed by atoms with Gasteiger partial charge in [-0.1, -0.05) is 52.6 Å². The molecule has 5 nitrogen and oxygen atoms in total. The summed E-state index contributed by atoms with van der Waals surface area (Å²) in [7, 11) is 0. The summed E-state index contributed by atoms with van der Waals surface area (Å²) >= 11 is 19.0. The zero-order valence-electron chi connectivity index (χ0n) is 14.2. The summed E-state index contributed by atoms with van der Waals surface area (Å²) in [6, 6.07) is 13.4. The number of carbonyl (C=O) groups is 2. The number of hydrogen-bond acceptors (Lipinski definition) is 4. The minimum absolute atomic E-state index is 0.201. The second-order valence-electron chi connectivity index (χ2n) is 5.87. The summed E-state index contributed by atoms with van der Waals surface area (Å²) in [6.45, 7) is 0. The Bertz CT molecular complexity index is 1030. The highest BCUT2D eigenvalue weighted by atomic mass is 35.5. The number of nitrogens with two attached hydrogens (primary N) is 1. The van der Waals surface area contributed by atoms with Gasteiger partial charge >= 0.3 is 0 Å². The van der Waals surface area contributed by atoms with Gasteiger partial charge in [-0.2, -0.15) is 5.26 Å². The fourth-order valence-electron chi connectivity index (χ4n) is 2.71. The standard InChI is InChI=1S/C19H12Cl3N3O2S/c20-11-2-4-12(5-3-11)25-18(27)16(28-19(25)13(9-23)17(24)26)8-10-1-6-14(21)15(22)7-10/h1-7,16H,8H2,(H2,24,26)/b19-13+/t16-/m1/s1. The molecule has 0 saturated carbocycles. The third kappa shape index (κ3) is 4.13. The molecule has 2 N–H and O–H groups in total. The Morgan fingerprint density at radius 1 is 1.14 bits per heavy atom. The van der Waals surface area contributed by atoms with E-state index in [2.05, 4.69) is 0 Å². The van der Waals surface area contributed by atoms with E-state index in [-0.39, 0.29) is 16.5 Å². The van der Waals surface area contributed by atoms with Crippen LogP contribution in [0.1, 0.15) is 5.56 Å². The molecule has 0 radical (unpaired) electrons.